The molecule has 2 atom stereocenters. The maximum Gasteiger partial charge on any atom is 0.327 e. The van der Waals surface area contributed by atoms with E-state index in [4.69, 9.17) is 4.74 Å². The summed E-state index contributed by atoms with van der Waals surface area (Å²) in [4.78, 5) is 55.3. The first-order valence-corrected chi connectivity index (χ1v) is 9.41. The van der Waals surface area contributed by atoms with Crippen LogP contribution in [0.15, 0.2) is 54.6 Å². The number of likely N-dealkylation sites (N-methyl/N-ethyl adjacent to an activating group) is 1. The van der Waals surface area contributed by atoms with Crippen molar-refractivity contribution >= 4 is 35.1 Å². The normalized spacial score (nSPS) is 23.5. The van der Waals surface area contributed by atoms with Crippen LogP contribution in [0.5, 0.6) is 0 Å². The number of esters is 1. The van der Waals surface area contributed by atoms with Gasteiger partial charge in [0, 0.05) is 24.7 Å². The Morgan fingerprint density at radius 1 is 1.07 bits per heavy atom. The molecule has 0 aliphatic carbocycles. The third-order valence-corrected chi connectivity index (χ3v) is 5.61. The van der Waals surface area contributed by atoms with E-state index < -0.39 is 35.0 Å². The van der Waals surface area contributed by atoms with Gasteiger partial charge in [-0.05, 0) is 25.1 Å². The highest BCUT2D eigenvalue weighted by atomic mass is 16.5. The van der Waals surface area contributed by atoms with Crippen LogP contribution >= 0.6 is 0 Å². The maximum atomic E-state index is 13.4. The Morgan fingerprint density at radius 2 is 1.72 bits per heavy atom. The van der Waals surface area contributed by atoms with Crippen molar-refractivity contribution < 1.29 is 23.9 Å². The molecule has 2 aromatic carbocycles. The summed E-state index contributed by atoms with van der Waals surface area (Å²) < 4.78 is 5.27. The number of nitrogens with zero attached hydrogens (tertiary/aromatic N) is 2. The number of benzene rings is 2. The zero-order valence-corrected chi connectivity index (χ0v) is 16.1. The first-order valence-electron chi connectivity index (χ1n) is 9.41. The predicted molar refractivity (Wildman–Crippen MR) is 105 cm³/mol. The molecule has 0 radical (unpaired) electrons. The van der Waals surface area contributed by atoms with Crippen molar-refractivity contribution in [3.8, 4) is 0 Å². The SMILES string of the molecule is CCOC(=O)[C@]1([C@@H]2CC(=O)N(c3ccccc3)C2=O)C(=O)N(C)c2ccccc21. The van der Waals surface area contributed by atoms with Crippen molar-refractivity contribution in [2.75, 3.05) is 23.5 Å². The molecule has 7 heteroatoms. The molecule has 2 heterocycles. The van der Waals surface area contributed by atoms with Crippen molar-refractivity contribution in [3.05, 3.63) is 60.2 Å². The van der Waals surface area contributed by atoms with Crippen LogP contribution in [-0.4, -0.2) is 37.3 Å². The van der Waals surface area contributed by atoms with Crippen LogP contribution in [0.25, 0.3) is 0 Å². The molecule has 2 aromatic rings. The summed E-state index contributed by atoms with van der Waals surface area (Å²) in [5.74, 6) is -3.56. The minimum Gasteiger partial charge on any atom is -0.465 e. The topological polar surface area (TPSA) is 84.0 Å². The number of carbonyl (C=O) groups excluding carboxylic acids is 4. The molecule has 7 nitrogen and oxygen atoms in total. The molecule has 4 rings (SSSR count). The van der Waals surface area contributed by atoms with Crippen LogP contribution in [-0.2, 0) is 29.3 Å². The van der Waals surface area contributed by atoms with Gasteiger partial charge < -0.3 is 9.64 Å². The molecular formula is C22H20N2O5. The van der Waals surface area contributed by atoms with Crippen LogP contribution in [0.3, 0.4) is 0 Å². The summed E-state index contributed by atoms with van der Waals surface area (Å²) >= 11 is 0. The number of ether oxygens (including phenoxy) is 1. The summed E-state index contributed by atoms with van der Waals surface area (Å²) in [5.41, 5.74) is -0.537. The predicted octanol–water partition coefficient (Wildman–Crippen LogP) is 2.04. The first-order chi connectivity index (χ1) is 13.9. The third-order valence-electron chi connectivity index (χ3n) is 5.61. The summed E-state index contributed by atoms with van der Waals surface area (Å²) in [6.07, 6.45) is -0.250. The lowest BCUT2D eigenvalue weighted by Gasteiger charge is -2.30. The zero-order valence-electron chi connectivity index (χ0n) is 16.1. The van der Waals surface area contributed by atoms with Gasteiger partial charge in [-0.15, -0.1) is 0 Å². The highest BCUT2D eigenvalue weighted by Gasteiger charge is 2.66. The number of hydrogen-bond donors (Lipinski definition) is 0. The van der Waals surface area contributed by atoms with Crippen LogP contribution in [0.1, 0.15) is 18.9 Å². The molecule has 0 unspecified atom stereocenters. The number of para-hydroxylation sites is 2. The molecule has 0 bridgehead atoms. The molecule has 1 saturated heterocycles. The average molecular weight is 392 g/mol. The molecule has 2 aliphatic heterocycles. The van der Waals surface area contributed by atoms with Gasteiger partial charge in [-0.2, -0.15) is 0 Å². The van der Waals surface area contributed by atoms with E-state index in [1.165, 1.54) is 4.90 Å². The van der Waals surface area contributed by atoms with E-state index >= 15 is 0 Å². The Morgan fingerprint density at radius 3 is 2.41 bits per heavy atom. The van der Waals surface area contributed by atoms with Gasteiger partial charge in [0.2, 0.25) is 17.7 Å². The van der Waals surface area contributed by atoms with Gasteiger partial charge >= 0.3 is 5.97 Å². The molecule has 1 fully saturated rings. The molecular weight excluding hydrogens is 372 g/mol. The fourth-order valence-electron chi connectivity index (χ4n) is 4.33. The number of anilines is 2. The van der Waals surface area contributed by atoms with E-state index in [2.05, 4.69) is 0 Å². The Hall–Kier alpha value is -3.48. The maximum absolute atomic E-state index is 13.4. The Balaban J connectivity index is 1.89. The van der Waals surface area contributed by atoms with Crippen molar-refractivity contribution in [2.24, 2.45) is 5.92 Å². The summed E-state index contributed by atoms with van der Waals surface area (Å²) in [6.45, 7) is 1.69. The number of amides is 3. The summed E-state index contributed by atoms with van der Waals surface area (Å²) in [5, 5.41) is 0. The molecule has 0 spiro atoms. The van der Waals surface area contributed by atoms with E-state index in [9.17, 15) is 19.2 Å². The second kappa shape index (κ2) is 6.84. The number of hydrogen-bond acceptors (Lipinski definition) is 5. The lowest BCUT2D eigenvalue weighted by molar-refractivity contribution is -0.158. The fourth-order valence-corrected chi connectivity index (χ4v) is 4.33. The molecule has 0 aromatic heterocycles. The average Bonchev–Trinajstić information content (AvgIpc) is 3.14. The Bertz CT molecular complexity index is 1020. The van der Waals surface area contributed by atoms with E-state index in [-0.39, 0.29) is 13.0 Å². The van der Waals surface area contributed by atoms with Gasteiger partial charge in [-0.3, -0.25) is 24.1 Å². The summed E-state index contributed by atoms with van der Waals surface area (Å²) in [6, 6.07) is 15.3. The second-order valence-corrected chi connectivity index (χ2v) is 7.07. The van der Waals surface area contributed by atoms with Crippen molar-refractivity contribution in [1.82, 2.24) is 0 Å². The van der Waals surface area contributed by atoms with Gasteiger partial charge in [0.15, 0.2) is 5.41 Å². The molecule has 29 heavy (non-hydrogen) atoms. The number of carbonyl (C=O) groups is 4. The smallest absolute Gasteiger partial charge is 0.327 e. The highest BCUT2D eigenvalue weighted by molar-refractivity contribution is 6.29. The van der Waals surface area contributed by atoms with E-state index in [0.29, 0.717) is 16.9 Å². The highest BCUT2D eigenvalue weighted by Crippen LogP contribution is 2.50. The number of rotatable bonds is 4. The van der Waals surface area contributed by atoms with Crippen molar-refractivity contribution in [3.63, 3.8) is 0 Å². The van der Waals surface area contributed by atoms with Crippen LogP contribution < -0.4 is 9.80 Å². The zero-order chi connectivity index (χ0) is 20.8. The van der Waals surface area contributed by atoms with Crippen LogP contribution in [0, 0.1) is 5.92 Å². The van der Waals surface area contributed by atoms with Crippen LogP contribution in [0.2, 0.25) is 0 Å². The third kappa shape index (κ3) is 2.50. The minimum absolute atomic E-state index is 0.0526. The van der Waals surface area contributed by atoms with Gasteiger partial charge in [-0.25, -0.2) is 0 Å². The Labute approximate surface area is 167 Å². The molecule has 3 amide bonds. The lowest BCUT2D eigenvalue weighted by Crippen LogP contribution is -2.54. The van der Waals surface area contributed by atoms with E-state index in [1.54, 1.807) is 68.6 Å². The number of fused-ring (bicyclic) bond motifs is 1. The molecule has 148 valence electrons. The molecule has 2 aliphatic rings. The van der Waals surface area contributed by atoms with Gasteiger partial charge in [0.1, 0.15) is 0 Å². The van der Waals surface area contributed by atoms with Crippen LogP contribution in [0.4, 0.5) is 11.4 Å². The van der Waals surface area contributed by atoms with Gasteiger partial charge in [0.05, 0.1) is 18.2 Å². The minimum atomic E-state index is -1.88. The first kappa shape index (κ1) is 18.9. The lowest BCUT2D eigenvalue weighted by atomic mass is 9.70. The number of imide groups is 1. The van der Waals surface area contributed by atoms with Gasteiger partial charge in [0.25, 0.3) is 0 Å². The van der Waals surface area contributed by atoms with E-state index in [1.807, 2.05) is 0 Å². The van der Waals surface area contributed by atoms with Crippen molar-refractivity contribution in [2.45, 2.75) is 18.8 Å². The molecule has 0 N–H and O–H groups in total. The van der Waals surface area contributed by atoms with Gasteiger partial charge in [-0.1, -0.05) is 36.4 Å². The molecule has 0 saturated carbocycles. The standard InChI is InChI=1S/C22H20N2O5/c1-3-29-21(28)22(15-11-7-8-12-17(15)23(2)20(22)27)16-13-18(25)24(19(16)26)14-9-5-4-6-10-14/h4-12,16H,3,13H2,1-2H3/t16-,22-/m1/s1. The summed E-state index contributed by atoms with van der Waals surface area (Å²) in [7, 11) is 1.55. The largest absolute Gasteiger partial charge is 0.465 e. The van der Waals surface area contributed by atoms with E-state index in [0.717, 1.165) is 4.90 Å². The van der Waals surface area contributed by atoms with Crippen molar-refractivity contribution in [1.29, 1.82) is 0 Å². The Kier molecular flexibility index (Phi) is 4.45. The quantitative estimate of drug-likeness (QED) is 0.452. The fraction of sp³-hybridized carbons (Fsp3) is 0.273. The second-order valence-electron chi connectivity index (χ2n) is 7.07. The monoisotopic (exact) mass is 392 g/mol.